The zero-order chi connectivity index (χ0) is 21.0. The lowest BCUT2D eigenvalue weighted by atomic mass is 9.90. The number of hydrogen-bond donors (Lipinski definition) is 0. The van der Waals surface area contributed by atoms with Gasteiger partial charge in [-0.25, -0.2) is 5.01 Å². The molecule has 2 aromatic rings. The van der Waals surface area contributed by atoms with Crippen molar-refractivity contribution in [2.75, 3.05) is 33.5 Å². The molecule has 0 aliphatic carbocycles. The average molecular weight is 421 g/mol. The molecule has 1 atom stereocenters. The molecule has 0 amide bonds. The third-order valence-electron chi connectivity index (χ3n) is 6.76. The second kappa shape index (κ2) is 7.05. The van der Waals surface area contributed by atoms with Crippen molar-refractivity contribution in [1.29, 1.82) is 0 Å². The molecule has 162 valence electrons. The molecular formula is C24H27N3O4. The number of benzene rings is 2. The molecule has 1 saturated heterocycles. The van der Waals surface area contributed by atoms with E-state index in [-0.39, 0.29) is 12.8 Å². The van der Waals surface area contributed by atoms with Crippen LogP contribution in [-0.2, 0) is 0 Å². The summed E-state index contributed by atoms with van der Waals surface area (Å²) in [6.07, 6.45) is 2.62. The zero-order valence-electron chi connectivity index (χ0n) is 18.0. The number of fused-ring (bicyclic) bond motifs is 5. The van der Waals surface area contributed by atoms with Crippen LogP contribution in [0.15, 0.2) is 41.5 Å². The van der Waals surface area contributed by atoms with Crippen molar-refractivity contribution in [3.05, 3.63) is 47.5 Å². The van der Waals surface area contributed by atoms with E-state index in [0.717, 1.165) is 72.2 Å². The van der Waals surface area contributed by atoms with E-state index in [1.54, 1.807) is 0 Å². The smallest absolute Gasteiger partial charge is 0.231 e. The highest BCUT2D eigenvalue weighted by atomic mass is 16.7. The first-order valence-electron chi connectivity index (χ1n) is 11.1. The Labute approximate surface area is 182 Å². The van der Waals surface area contributed by atoms with Crippen LogP contribution in [0.25, 0.3) is 0 Å². The number of piperidine rings is 1. The standard InChI is InChI=1S/C24H27N3O4/c1-3-28-21-6-4-5-17-19-14-18(16-7-8-20-22(13-16)30-15-29-20)25-27(19)24(31-23(17)21)9-11-26(2)12-10-24/h4-8,13,19H,3,9-12,14-15H2,1-2H3/t19-/m1/s1. The van der Waals surface area contributed by atoms with E-state index in [2.05, 4.69) is 35.2 Å². The lowest BCUT2D eigenvalue weighted by Gasteiger charge is -2.51. The maximum atomic E-state index is 6.79. The summed E-state index contributed by atoms with van der Waals surface area (Å²) in [5.41, 5.74) is 2.83. The normalized spacial score (nSPS) is 23.2. The van der Waals surface area contributed by atoms with Crippen molar-refractivity contribution in [2.45, 2.75) is 38.0 Å². The van der Waals surface area contributed by atoms with Gasteiger partial charge in [-0.3, -0.25) is 0 Å². The fourth-order valence-electron chi connectivity index (χ4n) is 5.09. The van der Waals surface area contributed by atoms with Gasteiger partial charge >= 0.3 is 0 Å². The van der Waals surface area contributed by atoms with Gasteiger partial charge in [-0.05, 0) is 38.2 Å². The van der Waals surface area contributed by atoms with Crippen LogP contribution in [-0.4, -0.2) is 54.9 Å². The van der Waals surface area contributed by atoms with Gasteiger partial charge in [0.2, 0.25) is 12.5 Å². The van der Waals surface area contributed by atoms with Crippen molar-refractivity contribution >= 4 is 5.71 Å². The third-order valence-corrected chi connectivity index (χ3v) is 6.76. The van der Waals surface area contributed by atoms with Crippen LogP contribution < -0.4 is 18.9 Å². The van der Waals surface area contributed by atoms with Crippen LogP contribution in [0.5, 0.6) is 23.0 Å². The summed E-state index contributed by atoms with van der Waals surface area (Å²) in [5.74, 6) is 3.29. The van der Waals surface area contributed by atoms with Crippen LogP contribution >= 0.6 is 0 Å². The maximum absolute atomic E-state index is 6.79. The molecule has 1 spiro atoms. The van der Waals surface area contributed by atoms with Gasteiger partial charge in [0.05, 0.1) is 18.4 Å². The van der Waals surface area contributed by atoms with E-state index in [4.69, 9.17) is 24.0 Å². The highest BCUT2D eigenvalue weighted by molar-refractivity contribution is 6.02. The molecule has 4 heterocycles. The first-order chi connectivity index (χ1) is 15.2. The Morgan fingerprint density at radius 2 is 1.97 bits per heavy atom. The summed E-state index contributed by atoms with van der Waals surface area (Å²) in [5, 5.41) is 7.39. The molecule has 0 saturated carbocycles. The van der Waals surface area contributed by atoms with E-state index in [0.29, 0.717) is 6.61 Å². The predicted octanol–water partition coefficient (Wildman–Crippen LogP) is 3.78. The molecular weight excluding hydrogens is 394 g/mol. The third kappa shape index (κ3) is 2.94. The summed E-state index contributed by atoms with van der Waals surface area (Å²) in [7, 11) is 2.16. The van der Waals surface area contributed by atoms with Crippen molar-refractivity contribution in [1.82, 2.24) is 9.91 Å². The van der Waals surface area contributed by atoms with Gasteiger partial charge in [-0.1, -0.05) is 12.1 Å². The summed E-state index contributed by atoms with van der Waals surface area (Å²) in [4.78, 5) is 2.35. The Balaban J connectivity index is 1.43. The van der Waals surface area contributed by atoms with Crippen molar-refractivity contribution in [2.24, 2.45) is 5.10 Å². The monoisotopic (exact) mass is 421 g/mol. The zero-order valence-corrected chi connectivity index (χ0v) is 18.0. The van der Waals surface area contributed by atoms with Gasteiger partial charge < -0.3 is 23.8 Å². The highest BCUT2D eigenvalue weighted by Gasteiger charge is 2.52. The Hall–Kier alpha value is -2.93. The minimum atomic E-state index is -0.449. The van der Waals surface area contributed by atoms with Gasteiger partial charge in [-0.15, -0.1) is 0 Å². The quantitative estimate of drug-likeness (QED) is 0.752. The number of para-hydroxylation sites is 1. The molecule has 2 aromatic carbocycles. The minimum absolute atomic E-state index is 0.132. The fourth-order valence-corrected chi connectivity index (χ4v) is 5.09. The summed E-state index contributed by atoms with van der Waals surface area (Å²) in [6.45, 7) is 4.85. The van der Waals surface area contributed by atoms with E-state index in [1.165, 1.54) is 0 Å². The SMILES string of the molecule is CCOc1cccc2c1OC1(CCN(C)CC1)N1N=C(c3ccc4c(c3)OCO4)C[C@H]21. The van der Waals surface area contributed by atoms with Gasteiger partial charge in [-0.2, -0.15) is 5.10 Å². The first kappa shape index (κ1) is 18.8. The van der Waals surface area contributed by atoms with Crippen molar-refractivity contribution in [3.8, 4) is 23.0 Å². The molecule has 4 aliphatic rings. The molecule has 7 nitrogen and oxygen atoms in total. The topological polar surface area (TPSA) is 55.8 Å². The van der Waals surface area contributed by atoms with E-state index in [9.17, 15) is 0 Å². The van der Waals surface area contributed by atoms with Gasteiger partial charge in [0.25, 0.3) is 0 Å². The predicted molar refractivity (Wildman–Crippen MR) is 116 cm³/mol. The Morgan fingerprint density at radius 1 is 1.13 bits per heavy atom. The summed E-state index contributed by atoms with van der Waals surface area (Å²) >= 11 is 0. The number of hydrazone groups is 1. The minimum Gasteiger partial charge on any atom is -0.490 e. The highest BCUT2D eigenvalue weighted by Crippen LogP contribution is 2.53. The molecule has 0 aromatic heterocycles. The van der Waals surface area contributed by atoms with E-state index in [1.807, 2.05) is 25.1 Å². The molecule has 0 radical (unpaired) electrons. The van der Waals surface area contributed by atoms with Crippen molar-refractivity contribution in [3.63, 3.8) is 0 Å². The molecule has 0 bridgehead atoms. The molecule has 31 heavy (non-hydrogen) atoms. The van der Waals surface area contributed by atoms with Crippen molar-refractivity contribution < 1.29 is 18.9 Å². The number of likely N-dealkylation sites (tertiary alicyclic amines) is 1. The lowest BCUT2D eigenvalue weighted by molar-refractivity contribution is -0.148. The summed E-state index contributed by atoms with van der Waals surface area (Å²) < 4.78 is 23.8. The number of rotatable bonds is 3. The van der Waals surface area contributed by atoms with Gasteiger partial charge in [0.15, 0.2) is 23.0 Å². The average Bonchev–Trinajstić information content (AvgIpc) is 3.44. The Bertz CT molecular complexity index is 1050. The van der Waals surface area contributed by atoms with Crippen LogP contribution in [0.3, 0.4) is 0 Å². The van der Waals surface area contributed by atoms with E-state index >= 15 is 0 Å². The van der Waals surface area contributed by atoms with Gasteiger partial charge in [0.1, 0.15) is 0 Å². The lowest BCUT2D eigenvalue weighted by Crippen LogP contribution is -2.58. The first-order valence-corrected chi connectivity index (χ1v) is 11.1. The molecule has 6 rings (SSSR count). The number of hydrogen-bond acceptors (Lipinski definition) is 7. The molecule has 0 unspecified atom stereocenters. The fraction of sp³-hybridized carbons (Fsp3) is 0.458. The van der Waals surface area contributed by atoms with Crippen LogP contribution in [0.1, 0.15) is 43.4 Å². The number of ether oxygens (including phenoxy) is 4. The molecule has 7 heteroatoms. The Morgan fingerprint density at radius 3 is 2.81 bits per heavy atom. The molecule has 1 fully saturated rings. The molecule has 4 aliphatic heterocycles. The molecule has 0 N–H and O–H groups in total. The largest absolute Gasteiger partial charge is 0.490 e. The second-order valence-corrected chi connectivity index (χ2v) is 8.64. The van der Waals surface area contributed by atoms with Gasteiger partial charge in [0, 0.05) is 43.5 Å². The summed E-state index contributed by atoms with van der Waals surface area (Å²) in [6, 6.07) is 12.4. The number of nitrogens with zero attached hydrogens (tertiary/aromatic N) is 3. The van der Waals surface area contributed by atoms with Crippen LogP contribution in [0.2, 0.25) is 0 Å². The van der Waals surface area contributed by atoms with E-state index < -0.39 is 5.72 Å². The second-order valence-electron chi connectivity index (χ2n) is 8.64. The van der Waals surface area contributed by atoms with Crippen LogP contribution in [0, 0.1) is 0 Å². The maximum Gasteiger partial charge on any atom is 0.231 e. The Kier molecular flexibility index (Phi) is 4.28. The van der Waals surface area contributed by atoms with Crippen LogP contribution in [0.4, 0.5) is 0 Å².